The Balaban J connectivity index is 1.16. The Bertz CT molecular complexity index is 1700. The van der Waals surface area contributed by atoms with Crippen LogP contribution in [-0.2, 0) is 25.2 Å². The van der Waals surface area contributed by atoms with Gasteiger partial charge in [0.2, 0.25) is 15.9 Å². The van der Waals surface area contributed by atoms with Crippen LogP contribution < -0.4 is 4.72 Å². The molecule has 2 saturated heterocycles. The molecular formula is C36H40FN3O4S. The first-order chi connectivity index (χ1) is 21.8. The quantitative estimate of drug-likeness (QED) is 0.220. The van der Waals surface area contributed by atoms with E-state index in [-0.39, 0.29) is 23.0 Å². The van der Waals surface area contributed by atoms with Crippen LogP contribution in [0.2, 0.25) is 0 Å². The van der Waals surface area contributed by atoms with Gasteiger partial charge in [-0.25, -0.2) is 17.5 Å². The predicted molar refractivity (Wildman–Crippen MR) is 174 cm³/mol. The Morgan fingerprint density at radius 2 is 1.51 bits per heavy atom. The minimum absolute atomic E-state index is 0.0177. The van der Waals surface area contributed by atoms with Crippen molar-refractivity contribution in [3.05, 3.63) is 114 Å². The number of rotatable bonds is 11. The van der Waals surface area contributed by atoms with Gasteiger partial charge in [-0.15, -0.1) is 0 Å². The van der Waals surface area contributed by atoms with E-state index in [0.717, 1.165) is 41.5 Å². The van der Waals surface area contributed by atoms with Crippen LogP contribution in [0.1, 0.15) is 49.3 Å². The van der Waals surface area contributed by atoms with Crippen LogP contribution in [0, 0.1) is 5.82 Å². The standard InChI is InChI=1S/C36H40FN3O4S/c37-32-15-13-31(14-16-32)36(44-25-24-39-20-6-7-21-39)18-22-40(23-19-36)35(41)27-34(29-9-2-1-3-10-29)38-45(42,43)33-17-12-28-8-4-5-11-30(28)26-33/h1-5,8-17,26,34,38H,6-7,18-25,27H2. The molecule has 0 aliphatic carbocycles. The average molecular weight is 630 g/mol. The van der Waals surface area contributed by atoms with Gasteiger partial charge in [0, 0.05) is 26.1 Å². The van der Waals surface area contributed by atoms with Crippen molar-refractivity contribution in [3.63, 3.8) is 0 Å². The number of piperidine rings is 1. The zero-order chi connectivity index (χ0) is 31.3. The van der Waals surface area contributed by atoms with E-state index in [1.165, 1.54) is 25.0 Å². The van der Waals surface area contributed by atoms with E-state index in [9.17, 15) is 17.6 Å². The average Bonchev–Trinajstić information content (AvgIpc) is 3.59. The minimum atomic E-state index is -3.93. The molecule has 2 aliphatic rings. The maximum absolute atomic E-state index is 13.8. The molecule has 4 aromatic carbocycles. The second kappa shape index (κ2) is 13.8. The monoisotopic (exact) mass is 629 g/mol. The fraction of sp³-hybridized carbons (Fsp3) is 0.361. The fourth-order valence-electron chi connectivity index (χ4n) is 6.57. The molecule has 0 aromatic heterocycles. The van der Waals surface area contributed by atoms with Gasteiger partial charge in [0.05, 0.1) is 23.1 Å². The largest absolute Gasteiger partial charge is 0.369 e. The number of halogens is 1. The van der Waals surface area contributed by atoms with Gasteiger partial charge in [-0.1, -0.05) is 72.8 Å². The summed E-state index contributed by atoms with van der Waals surface area (Å²) in [5.41, 5.74) is 1.03. The molecule has 2 aliphatic heterocycles. The number of sulfonamides is 1. The Labute approximate surface area is 265 Å². The van der Waals surface area contributed by atoms with Gasteiger partial charge < -0.3 is 14.5 Å². The number of amides is 1. The Morgan fingerprint density at radius 3 is 2.22 bits per heavy atom. The molecule has 1 unspecified atom stereocenters. The van der Waals surface area contributed by atoms with Crippen molar-refractivity contribution in [3.8, 4) is 0 Å². The maximum Gasteiger partial charge on any atom is 0.241 e. The smallest absolute Gasteiger partial charge is 0.241 e. The highest BCUT2D eigenvalue weighted by Gasteiger charge is 2.39. The zero-order valence-electron chi connectivity index (χ0n) is 25.4. The second-order valence-corrected chi connectivity index (χ2v) is 13.8. The zero-order valence-corrected chi connectivity index (χ0v) is 26.2. The second-order valence-electron chi connectivity index (χ2n) is 12.1. The summed E-state index contributed by atoms with van der Waals surface area (Å²) >= 11 is 0. The molecule has 0 spiro atoms. The number of nitrogens with zero attached hydrogens (tertiary/aromatic N) is 2. The number of nitrogens with one attached hydrogen (secondary N) is 1. The highest BCUT2D eigenvalue weighted by atomic mass is 32.2. The van der Waals surface area contributed by atoms with Gasteiger partial charge in [-0.2, -0.15) is 0 Å². The van der Waals surface area contributed by atoms with Crippen LogP contribution in [0.4, 0.5) is 4.39 Å². The number of hydrogen-bond acceptors (Lipinski definition) is 5. The topological polar surface area (TPSA) is 79.0 Å². The molecule has 236 valence electrons. The Hall–Kier alpha value is -3.63. The van der Waals surface area contributed by atoms with Gasteiger partial charge in [-0.05, 0) is 84.9 Å². The molecule has 2 heterocycles. The molecule has 45 heavy (non-hydrogen) atoms. The van der Waals surface area contributed by atoms with Crippen molar-refractivity contribution in [2.45, 2.75) is 48.6 Å². The number of hydrogen-bond donors (Lipinski definition) is 1. The summed E-state index contributed by atoms with van der Waals surface area (Å²) in [6, 6.07) is 27.6. The van der Waals surface area contributed by atoms with Crippen molar-refractivity contribution in [2.75, 3.05) is 39.3 Å². The molecule has 7 nitrogen and oxygen atoms in total. The van der Waals surface area contributed by atoms with Crippen molar-refractivity contribution in [1.82, 2.24) is 14.5 Å². The van der Waals surface area contributed by atoms with Crippen molar-refractivity contribution < 1.29 is 22.3 Å². The van der Waals surface area contributed by atoms with Gasteiger partial charge >= 0.3 is 0 Å². The third-order valence-corrected chi connectivity index (χ3v) is 10.7. The van der Waals surface area contributed by atoms with E-state index in [2.05, 4.69) is 9.62 Å². The van der Waals surface area contributed by atoms with E-state index in [1.54, 1.807) is 35.2 Å². The van der Waals surface area contributed by atoms with Crippen LogP contribution in [0.25, 0.3) is 10.8 Å². The molecule has 0 radical (unpaired) electrons. The molecule has 9 heteroatoms. The van der Waals surface area contributed by atoms with Gasteiger partial charge in [0.1, 0.15) is 5.82 Å². The van der Waals surface area contributed by atoms with Crippen molar-refractivity contribution in [2.24, 2.45) is 0 Å². The number of benzene rings is 4. The molecular weight excluding hydrogens is 589 g/mol. The van der Waals surface area contributed by atoms with Crippen LogP contribution in [0.5, 0.6) is 0 Å². The molecule has 4 aromatic rings. The first-order valence-electron chi connectivity index (χ1n) is 15.8. The Morgan fingerprint density at radius 1 is 0.844 bits per heavy atom. The summed E-state index contributed by atoms with van der Waals surface area (Å²) in [6.45, 7) is 4.50. The predicted octanol–water partition coefficient (Wildman–Crippen LogP) is 6.02. The minimum Gasteiger partial charge on any atom is -0.369 e. The van der Waals surface area contributed by atoms with Gasteiger partial charge in [0.15, 0.2) is 0 Å². The van der Waals surface area contributed by atoms with Crippen molar-refractivity contribution in [1.29, 1.82) is 0 Å². The molecule has 1 amide bonds. The lowest BCUT2D eigenvalue weighted by atomic mass is 9.83. The van der Waals surface area contributed by atoms with Gasteiger partial charge in [-0.3, -0.25) is 4.79 Å². The van der Waals surface area contributed by atoms with Crippen LogP contribution in [-0.4, -0.2) is 63.5 Å². The SMILES string of the molecule is O=C(CC(NS(=O)(=O)c1ccc2ccccc2c1)c1ccccc1)N1CCC(OCCN2CCCC2)(c2ccc(F)cc2)CC1. The van der Waals surface area contributed by atoms with Crippen molar-refractivity contribution >= 4 is 26.7 Å². The molecule has 0 bridgehead atoms. The normalized spacial score (nSPS) is 17.8. The summed E-state index contributed by atoms with van der Waals surface area (Å²) < 4.78 is 50.4. The summed E-state index contributed by atoms with van der Waals surface area (Å²) in [4.78, 5) is 18.1. The summed E-state index contributed by atoms with van der Waals surface area (Å²) in [5, 5.41) is 1.78. The lowest BCUT2D eigenvalue weighted by molar-refractivity contribution is -0.140. The first-order valence-corrected chi connectivity index (χ1v) is 17.3. The maximum atomic E-state index is 13.8. The van der Waals surface area contributed by atoms with Crippen LogP contribution in [0.3, 0.4) is 0 Å². The van der Waals surface area contributed by atoms with E-state index in [1.807, 2.05) is 54.6 Å². The van der Waals surface area contributed by atoms with E-state index in [0.29, 0.717) is 32.5 Å². The highest BCUT2D eigenvalue weighted by Crippen LogP contribution is 2.38. The molecule has 1 atom stereocenters. The number of fused-ring (bicyclic) bond motifs is 1. The third-order valence-electron chi connectivity index (χ3n) is 9.19. The number of likely N-dealkylation sites (tertiary alicyclic amines) is 2. The Kier molecular flexibility index (Phi) is 9.61. The lowest BCUT2D eigenvalue weighted by Crippen LogP contribution is -2.48. The molecule has 6 rings (SSSR count). The fourth-order valence-corrected chi connectivity index (χ4v) is 7.83. The molecule has 0 saturated carbocycles. The number of carbonyl (C=O) groups excluding carboxylic acids is 1. The van der Waals surface area contributed by atoms with Crippen LogP contribution >= 0.6 is 0 Å². The molecule has 2 fully saturated rings. The summed E-state index contributed by atoms with van der Waals surface area (Å²) in [5.74, 6) is -0.425. The third kappa shape index (κ3) is 7.44. The lowest BCUT2D eigenvalue weighted by Gasteiger charge is -2.42. The highest BCUT2D eigenvalue weighted by molar-refractivity contribution is 7.89. The number of carbonyl (C=O) groups is 1. The van der Waals surface area contributed by atoms with E-state index >= 15 is 0 Å². The summed E-state index contributed by atoms with van der Waals surface area (Å²) in [7, 11) is -3.93. The van der Waals surface area contributed by atoms with Crippen LogP contribution in [0.15, 0.2) is 102 Å². The number of ether oxygens (including phenoxy) is 1. The first kappa shape index (κ1) is 31.4. The van der Waals surface area contributed by atoms with E-state index < -0.39 is 21.7 Å². The van der Waals surface area contributed by atoms with E-state index in [4.69, 9.17) is 4.74 Å². The van der Waals surface area contributed by atoms with Gasteiger partial charge in [0.25, 0.3) is 0 Å². The summed E-state index contributed by atoms with van der Waals surface area (Å²) in [6.07, 6.45) is 3.55. The molecule has 1 N–H and O–H groups in total.